The van der Waals surface area contributed by atoms with Crippen LogP contribution in [0.25, 0.3) is 16.6 Å². The fraction of sp³-hybridized carbons (Fsp3) is 0.333. The van der Waals surface area contributed by atoms with Gasteiger partial charge in [-0.3, -0.25) is 9.59 Å². The van der Waals surface area contributed by atoms with Gasteiger partial charge in [-0.05, 0) is 38.0 Å². The largest absolute Gasteiger partial charge is 0.416 e. The van der Waals surface area contributed by atoms with Crippen molar-refractivity contribution in [2.24, 2.45) is 5.41 Å². The molecule has 2 atom stereocenters. The summed E-state index contributed by atoms with van der Waals surface area (Å²) >= 11 is -2.36. The average Bonchev–Trinajstić information content (AvgIpc) is 3.51. The fourth-order valence-corrected chi connectivity index (χ4v) is 3.68. The molecular weight excluding hydrogens is 461 g/mol. The molecule has 8 nitrogen and oxygen atoms in total. The predicted octanol–water partition coefficient (Wildman–Crippen LogP) is 3.82. The first-order valence-electron chi connectivity index (χ1n) is 9.91. The van der Waals surface area contributed by atoms with Crippen LogP contribution < -0.4 is 10.9 Å². The van der Waals surface area contributed by atoms with Crippen LogP contribution in [-0.4, -0.2) is 29.4 Å². The number of benzene rings is 1. The van der Waals surface area contributed by atoms with Gasteiger partial charge in [0.15, 0.2) is 16.9 Å². The number of pyridine rings is 1. The van der Waals surface area contributed by atoms with E-state index in [-0.39, 0.29) is 33.7 Å². The second-order valence-corrected chi connectivity index (χ2v) is 9.49. The summed E-state index contributed by atoms with van der Waals surface area (Å²) in [5.41, 5.74) is -1.95. The number of alkyl halides is 3. The number of nitrogens with one attached hydrogen (secondary N) is 1. The Labute approximate surface area is 188 Å². The zero-order valence-corrected chi connectivity index (χ0v) is 18.3. The van der Waals surface area contributed by atoms with Crippen molar-refractivity contribution in [3.8, 4) is 5.82 Å². The van der Waals surface area contributed by atoms with Crippen molar-refractivity contribution in [3.63, 3.8) is 0 Å². The Kier molecular flexibility index (Phi) is 5.61. The molecule has 2 aromatic heterocycles. The number of halogens is 3. The van der Waals surface area contributed by atoms with Crippen molar-refractivity contribution in [2.45, 2.75) is 38.1 Å². The third-order valence-corrected chi connectivity index (χ3v) is 6.62. The summed E-state index contributed by atoms with van der Waals surface area (Å²) < 4.78 is 61.6. The number of anilines is 1. The van der Waals surface area contributed by atoms with Crippen LogP contribution in [0.1, 0.15) is 43.1 Å². The van der Waals surface area contributed by atoms with Crippen LogP contribution in [0, 0.1) is 5.41 Å². The summed E-state index contributed by atoms with van der Waals surface area (Å²) in [5, 5.41) is 5.65. The van der Waals surface area contributed by atoms with Gasteiger partial charge in [0.05, 0.1) is 34.3 Å². The molecule has 0 bridgehead atoms. The van der Waals surface area contributed by atoms with Crippen LogP contribution in [0.15, 0.2) is 41.5 Å². The minimum absolute atomic E-state index is 0.121. The molecule has 0 radical (unpaired) electrons. The second-order valence-electron chi connectivity index (χ2n) is 8.23. The van der Waals surface area contributed by atoms with Crippen molar-refractivity contribution < 1.29 is 26.7 Å². The summed E-state index contributed by atoms with van der Waals surface area (Å²) in [6, 6.07) is 4.14. The van der Waals surface area contributed by atoms with Gasteiger partial charge in [0.1, 0.15) is 0 Å². The van der Waals surface area contributed by atoms with E-state index >= 15 is 0 Å². The number of nitrogens with zero attached hydrogens (tertiary/aromatic N) is 3. The number of carbonyl (C=O) groups excluding carboxylic acids is 1. The number of hydrogen-bond donors (Lipinski definition) is 2. The van der Waals surface area contributed by atoms with Gasteiger partial charge < -0.3 is 9.87 Å². The highest BCUT2D eigenvalue weighted by Gasteiger charge is 2.45. The van der Waals surface area contributed by atoms with Gasteiger partial charge in [-0.2, -0.15) is 23.0 Å². The number of carbonyl (C=O) groups is 1. The van der Waals surface area contributed by atoms with Crippen molar-refractivity contribution in [2.75, 3.05) is 5.32 Å². The zero-order valence-electron chi connectivity index (χ0n) is 17.5. The van der Waals surface area contributed by atoms with Crippen LogP contribution in [0.2, 0.25) is 0 Å². The quantitative estimate of drug-likeness (QED) is 0.537. The van der Waals surface area contributed by atoms with E-state index in [2.05, 4.69) is 15.4 Å². The Morgan fingerprint density at radius 2 is 1.97 bits per heavy atom. The normalized spacial score (nSPS) is 16.9. The molecular formula is C21H19F3N4O4S. The van der Waals surface area contributed by atoms with E-state index in [1.165, 1.54) is 25.4 Å². The van der Waals surface area contributed by atoms with Crippen molar-refractivity contribution in [1.29, 1.82) is 0 Å². The van der Waals surface area contributed by atoms with Crippen LogP contribution in [0.5, 0.6) is 0 Å². The molecule has 1 aromatic carbocycles. The highest BCUT2D eigenvalue weighted by atomic mass is 32.2. The van der Waals surface area contributed by atoms with Gasteiger partial charge in [0, 0.05) is 16.4 Å². The van der Waals surface area contributed by atoms with Gasteiger partial charge in [-0.15, -0.1) is 0 Å². The minimum Gasteiger partial charge on any atom is -0.324 e. The minimum atomic E-state index is -4.64. The molecule has 2 N–H and O–H groups in total. The molecule has 0 aliphatic heterocycles. The fourth-order valence-electron chi connectivity index (χ4n) is 3.29. The van der Waals surface area contributed by atoms with Gasteiger partial charge in [-0.1, -0.05) is 13.0 Å². The summed E-state index contributed by atoms with van der Waals surface area (Å²) in [5.74, 6) is -0.341. The van der Waals surface area contributed by atoms with E-state index in [0.717, 1.165) is 35.7 Å². The maximum Gasteiger partial charge on any atom is 0.416 e. The molecule has 0 spiro atoms. The molecule has 2 heterocycles. The average molecular weight is 480 g/mol. The van der Waals surface area contributed by atoms with E-state index < -0.39 is 39.0 Å². The maximum atomic E-state index is 13.1. The molecule has 1 aliphatic rings. The third-order valence-electron chi connectivity index (χ3n) is 5.76. The van der Waals surface area contributed by atoms with E-state index in [9.17, 15) is 31.5 Å². The first-order chi connectivity index (χ1) is 15.4. The second kappa shape index (κ2) is 8.03. The van der Waals surface area contributed by atoms with Gasteiger partial charge in [0.2, 0.25) is 5.91 Å². The third kappa shape index (κ3) is 4.40. The highest BCUT2D eigenvalue weighted by Crippen LogP contribution is 2.45. The van der Waals surface area contributed by atoms with E-state index in [0.29, 0.717) is 0 Å². The molecule has 1 amide bonds. The molecule has 0 saturated heterocycles. The molecule has 3 aromatic rings. The van der Waals surface area contributed by atoms with Crippen molar-refractivity contribution in [3.05, 3.63) is 58.1 Å². The Balaban J connectivity index is 1.84. The molecule has 12 heteroatoms. The van der Waals surface area contributed by atoms with Gasteiger partial charge in [0.25, 0.3) is 5.56 Å². The van der Waals surface area contributed by atoms with Gasteiger partial charge in [-0.25, -0.2) is 9.19 Å². The molecule has 1 saturated carbocycles. The standard InChI is InChI=1S/C21H19F3N4O4S/c1-11(33(31)32)15-8-14(27-19(30)20(2)5-6-20)10-25-17(15)28-18(29)16-7-13(21(22,23)24)4-3-12(16)9-26-28/h3-4,7-11H,5-6H2,1-2H3,(H,27,30)(H,31,32). The molecule has 4 rings (SSSR count). The predicted molar refractivity (Wildman–Crippen MR) is 115 cm³/mol. The molecule has 1 fully saturated rings. The van der Waals surface area contributed by atoms with Gasteiger partial charge >= 0.3 is 6.18 Å². The Morgan fingerprint density at radius 1 is 1.27 bits per heavy atom. The first-order valence-corrected chi connectivity index (χ1v) is 11.1. The first kappa shape index (κ1) is 23.1. The summed E-state index contributed by atoms with van der Waals surface area (Å²) in [6.45, 7) is 3.22. The Bertz CT molecular complexity index is 1350. The van der Waals surface area contributed by atoms with Crippen LogP contribution in [0.4, 0.5) is 18.9 Å². The lowest BCUT2D eigenvalue weighted by molar-refractivity contribution is -0.137. The SMILES string of the molecule is CC(c1cc(NC(=O)C2(C)CC2)cnc1-n1ncc2ccc(C(F)(F)F)cc2c1=O)S(=O)O. The van der Waals surface area contributed by atoms with Crippen LogP contribution >= 0.6 is 0 Å². The van der Waals surface area contributed by atoms with E-state index in [4.69, 9.17) is 0 Å². The van der Waals surface area contributed by atoms with Crippen LogP contribution in [0.3, 0.4) is 0 Å². The topological polar surface area (TPSA) is 114 Å². The molecule has 33 heavy (non-hydrogen) atoms. The summed E-state index contributed by atoms with van der Waals surface area (Å²) in [4.78, 5) is 29.6. The molecule has 174 valence electrons. The van der Waals surface area contributed by atoms with E-state index in [1.54, 1.807) is 0 Å². The van der Waals surface area contributed by atoms with E-state index in [1.807, 2.05) is 6.92 Å². The Hall–Kier alpha value is -3.12. The molecule has 1 aliphatic carbocycles. The van der Waals surface area contributed by atoms with Crippen LogP contribution in [-0.2, 0) is 22.1 Å². The number of aromatic nitrogens is 3. The van der Waals surface area contributed by atoms with Crippen molar-refractivity contribution >= 4 is 33.4 Å². The van der Waals surface area contributed by atoms with Crippen molar-refractivity contribution in [1.82, 2.24) is 14.8 Å². The Morgan fingerprint density at radius 3 is 2.58 bits per heavy atom. The maximum absolute atomic E-state index is 13.1. The number of rotatable bonds is 5. The molecule has 2 unspecified atom stereocenters. The number of amides is 1. The lowest BCUT2D eigenvalue weighted by Gasteiger charge is -2.17. The number of fused-ring (bicyclic) bond motifs is 1. The monoisotopic (exact) mass is 480 g/mol. The smallest absolute Gasteiger partial charge is 0.324 e. The highest BCUT2D eigenvalue weighted by molar-refractivity contribution is 7.79. The summed E-state index contributed by atoms with van der Waals surface area (Å²) in [7, 11) is 0. The lowest BCUT2D eigenvalue weighted by atomic mass is 10.1. The summed E-state index contributed by atoms with van der Waals surface area (Å²) in [6.07, 6.45) is -0.680. The number of hydrogen-bond acceptors (Lipinski definition) is 5. The lowest BCUT2D eigenvalue weighted by Crippen LogP contribution is -2.25. The zero-order chi connectivity index (χ0) is 24.1.